The summed E-state index contributed by atoms with van der Waals surface area (Å²) in [6, 6.07) is 20.2. The van der Waals surface area contributed by atoms with E-state index in [-0.39, 0.29) is 17.5 Å². The highest BCUT2D eigenvalue weighted by Gasteiger charge is 2.29. The zero-order valence-electron chi connectivity index (χ0n) is 26.9. The Morgan fingerprint density at radius 1 is 1.09 bits per heavy atom. The van der Waals surface area contributed by atoms with Crippen LogP contribution in [-0.2, 0) is 19.5 Å². The van der Waals surface area contributed by atoms with E-state index in [2.05, 4.69) is 49.6 Å². The van der Waals surface area contributed by atoms with Crippen LogP contribution in [0.5, 0.6) is 11.6 Å². The fourth-order valence-electron chi connectivity index (χ4n) is 6.98. The van der Waals surface area contributed by atoms with Gasteiger partial charge in [-0.1, -0.05) is 41.9 Å². The third-order valence-electron chi connectivity index (χ3n) is 9.47. The average molecular weight is 627 g/mol. The van der Waals surface area contributed by atoms with Gasteiger partial charge in [0.25, 0.3) is 0 Å². The molecule has 2 aliphatic rings. The monoisotopic (exact) mass is 626 g/mol. The lowest BCUT2D eigenvalue weighted by Gasteiger charge is -2.40. The highest BCUT2D eigenvalue weighted by molar-refractivity contribution is 6.35. The summed E-state index contributed by atoms with van der Waals surface area (Å²) in [5.41, 5.74) is 12.2. The molecule has 5 heterocycles. The second-order valence-corrected chi connectivity index (χ2v) is 12.7. The predicted octanol–water partition coefficient (Wildman–Crippen LogP) is 4.39. The smallest absolute Gasteiger partial charge is 0.213 e. The second kappa shape index (κ2) is 13.1. The summed E-state index contributed by atoms with van der Waals surface area (Å²) in [5.74, 6) is 1.79. The van der Waals surface area contributed by atoms with Crippen LogP contribution < -0.4 is 31.0 Å². The van der Waals surface area contributed by atoms with Crippen LogP contribution in [0, 0.1) is 0 Å². The Morgan fingerprint density at radius 3 is 2.72 bits per heavy atom. The quantitative estimate of drug-likeness (QED) is 0.241. The van der Waals surface area contributed by atoms with Crippen molar-refractivity contribution >= 4 is 35.7 Å². The highest BCUT2D eigenvalue weighted by Crippen LogP contribution is 2.35. The van der Waals surface area contributed by atoms with Crippen molar-refractivity contribution in [2.75, 3.05) is 37.4 Å². The molecule has 2 aromatic carbocycles. The first-order valence-electron chi connectivity index (χ1n) is 16.2. The zero-order chi connectivity index (χ0) is 32.5. The van der Waals surface area contributed by atoms with Gasteiger partial charge in [-0.15, -0.1) is 0 Å². The number of hydrogen-bond donors (Lipinski definition) is 1. The number of hydrogen-bond acceptors (Lipinski definition) is 8. The molecule has 238 valence electrons. The van der Waals surface area contributed by atoms with Crippen LogP contribution in [0.25, 0.3) is 10.9 Å². The van der Waals surface area contributed by atoms with E-state index in [1.807, 2.05) is 54.7 Å². The van der Waals surface area contributed by atoms with Crippen LogP contribution in [0.2, 0.25) is 0 Å². The van der Waals surface area contributed by atoms with Crippen molar-refractivity contribution in [3.8, 4) is 11.6 Å². The fourth-order valence-corrected chi connectivity index (χ4v) is 6.98. The van der Waals surface area contributed by atoms with E-state index in [9.17, 15) is 4.79 Å². The van der Waals surface area contributed by atoms with Crippen molar-refractivity contribution in [1.82, 2.24) is 19.4 Å². The largest absolute Gasteiger partial charge is 0.489 e. The molecule has 1 fully saturated rings. The molecule has 10 heteroatoms. The molecule has 0 aliphatic carbocycles. The van der Waals surface area contributed by atoms with Gasteiger partial charge < -0.3 is 24.7 Å². The van der Waals surface area contributed by atoms with Crippen LogP contribution in [-0.4, -0.2) is 60.1 Å². The molecule has 0 amide bonds. The maximum Gasteiger partial charge on any atom is 0.213 e. The maximum absolute atomic E-state index is 14.4. The molecule has 0 spiro atoms. The van der Waals surface area contributed by atoms with Gasteiger partial charge in [-0.3, -0.25) is 9.69 Å². The lowest BCUT2D eigenvalue weighted by molar-refractivity contribution is 0.157. The normalized spacial score (nSPS) is 17.6. The molecule has 9 nitrogen and oxygen atoms in total. The minimum Gasteiger partial charge on any atom is -0.489 e. The number of aromatic nitrogens is 3. The SMILES string of the molecule is [B]c1cc2c(=O)c(CN(Cc3ccnc(OC)c3)C3CCCN(c4ccc(N)nc4)C3)cn3c2c(c1Cc1ccccc1)OCC3C. The van der Waals surface area contributed by atoms with Gasteiger partial charge in [0.05, 0.1) is 30.6 Å². The van der Waals surface area contributed by atoms with Gasteiger partial charge in [0, 0.05) is 68.1 Å². The predicted molar refractivity (Wildman–Crippen MR) is 187 cm³/mol. The minimum atomic E-state index is -0.0131. The first-order valence-corrected chi connectivity index (χ1v) is 16.2. The van der Waals surface area contributed by atoms with Crippen LogP contribution in [0.3, 0.4) is 0 Å². The Hall–Kier alpha value is -4.83. The molecule has 2 unspecified atom stereocenters. The summed E-state index contributed by atoms with van der Waals surface area (Å²) in [7, 11) is 8.32. The van der Waals surface area contributed by atoms with Gasteiger partial charge in [0.15, 0.2) is 5.43 Å². The van der Waals surface area contributed by atoms with Gasteiger partial charge in [-0.25, -0.2) is 9.97 Å². The highest BCUT2D eigenvalue weighted by atomic mass is 16.5. The number of rotatable bonds is 9. The van der Waals surface area contributed by atoms with Crippen LogP contribution in [0.1, 0.15) is 48.1 Å². The number of nitrogens with two attached hydrogens (primary N) is 1. The van der Waals surface area contributed by atoms with Crippen molar-refractivity contribution in [2.24, 2.45) is 0 Å². The van der Waals surface area contributed by atoms with Crippen molar-refractivity contribution < 1.29 is 9.47 Å². The first-order chi connectivity index (χ1) is 22.9. The van der Waals surface area contributed by atoms with E-state index in [0.29, 0.717) is 54.4 Å². The number of nitrogens with zero attached hydrogens (tertiary/aromatic N) is 5. The molecule has 2 atom stereocenters. The molecule has 3 aromatic heterocycles. The van der Waals surface area contributed by atoms with Gasteiger partial charge in [0.1, 0.15) is 26.0 Å². The number of methoxy groups -OCH3 is 1. The van der Waals surface area contributed by atoms with Gasteiger partial charge in [0.2, 0.25) is 5.88 Å². The molecule has 7 rings (SSSR count). The summed E-state index contributed by atoms with van der Waals surface area (Å²) in [6.45, 7) is 5.49. The number of ether oxygens (including phenoxy) is 2. The van der Waals surface area contributed by atoms with Crippen molar-refractivity contribution in [1.29, 1.82) is 0 Å². The Labute approximate surface area is 276 Å². The maximum atomic E-state index is 14.4. The molecule has 5 aromatic rings. The summed E-state index contributed by atoms with van der Waals surface area (Å²) in [6.07, 6.45) is 8.32. The van der Waals surface area contributed by atoms with Crippen LogP contribution in [0.15, 0.2) is 84.0 Å². The van der Waals surface area contributed by atoms with Crippen molar-refractivity contribution in [3.63, 3.8) is 0 Å². The van der Waals surface area contributed by atoms with E-state index < -0.39 is 0 Å². The second-order valence-electron chi connectivity index (χ2n) is 12.7. The molecule has 47 heavy (non-hydrogen) atoms. The molecule has 1 saturated heterocycles. The molecule has 2 aliphatic heterocycles. The Bertz CT molecular complexity index is 1950. The third-order valence-corrected chi connectivity index (χ3v) is 9.47. The van der Waals surface area contributed by atoms with Crippen LogP contribution >= 0.6 is 0 Å². The number of benzene rings is 2. The first kappa shape index (κ1) is 30.8. The van der Waals surface area contributed by atoms with E-state index >= 15 is 0 Å². The number of piperidine rings is 1. The van der Waals surface area contributed by atoms with Crippen molar-refractivity contribution in [3.05, 3.63) is 112 Å². The Kier molecular flexibility index (Phi) is 8.60. The minimum absolute atomic E-state index is 0.0131. The number of nitrogen functional groups attached to an aromatic ring is 1. The Morgan fingerprint density at radius 2 is 1.94 bits per heavy atom. The molecule has 2 N–H and O–H groups in total. The van der Waals surface area contributed by atoms with Gasteiger partial charge >= 0.3 is 0 Å². The summed E-state index contributed by atoms with van der Waals surface area (Å²) >= 11 is 0. The fraction of sp³-hybridized carbons (Fsp3) is 0.324. The van der Waals surface area contributed by atoms with E-state index in [4.69, 9.17) is 23.1 Å². The van der Waals surface area contributed by atoms with Crippen molar-refractivity contribution in [2.45, 2.75) is 51.4 Å². The number of pyridine rings is 3. The molecular formula is C37H39BN6O3. The standard InChI is InChI=1S/C37H39BN6O3/c1-24-23-47-37-30(15-25-7-4-3-5-8-25)32(38)17-31-35(37)44(24)21-27(36(31)45)20-43(19-26-12-13-40-34(16-26)46-2)29-9-6-14-42(22-29)28-10-11-33(39)41-18-28/h3-5,7-8,10-13,16-18,21,24,29H,6,9,14-15,19-20,22-23H2,1-2H3,(H2,39,41). The summed E-state index contributed by atoms with van der Waals surface area (Å²) in [4.78, 5) is 27.8. The molecule has 0 saturated carbocycles. The van der Waals surface area contributed by atoms with Crippen LogP contribution in [0.4, 0.5) is 11.5 Å². The molecular weight excluding hydrogens is 587 g/mol. The summed E-state index contributed by atoms with van der Waals surface area (Å²) < 4.78 is 14.0. The lowest BCUT2D eigenvalue weighted by atomic mass is 9.84. The molecule has 2 radical (unpaired) electrons. The van der Waals surface area contributed by atoms with E-state index in [1.54, 1.807) is 13.3 Å². The third kappa shape index (κ3) is 6.30. The average Bonchev–Trinajstić information content (AvgIpc) is 3.10. The van der Waals surface area contributed by atoms with Gasteiger partial charge in [-0.2, -0.15) is 0 Å². The zero-order valence-corrected chi connectivity index (χ0v) is 26.9. The van der Waals surface area contributed by atoms with E-state index in [1.165, 1.54) is 0 Å². The number of anilines is 2. The van der Waals surface area contributed by atoms with Gasteiger partial charge in [-0.05, 0) is 54.7 Å². The molecule has 0 bridgehead atoms. The lowest BCUT2D eigenvalue weighted by Crippen LogP contribution is -2.48. The summed E-state index contributed by atoms with van der Waals surface area (Å²) in [5, 5.41) is 0.599. The topological polar surface area (TPSA) is 98.7 Å². The Balaban J connectivity index is 1.27. The van der Waals surface area contributed by atoms with E-state index in [0.717, 1.165) is 59.4 Å².